The Bertz CT molecular complexity index is 1740. The van der Waals surface area contributed by atoms with E-state index < -0.39 is 46.9 Å². The van der Waals surface area contributed by atoms with Crippen LogP contribution in [-0.4, -0.2) is 59.6 Å². The lowest BCUT2D eigenvalue weighted by atomic mass is 9.55. The monoisotopic (exact) mass is 707 g/mol. The van der Waals surface area contributed by atoms with Crippen molar-refractivity contribution in [2.45, 2.75) is 68.9 Å². The van der Waals surface area contributed by atoms with E-state index in [1.807, 2.05) is 49.4 Å². The average molecular weight is 709 g/mol. The molecule has 47 heavy (non-hydrogen) atoms. The topological polar surface area (TPSA) is 136 Å². The van der Waals surface area contributed by atoms with Crippen molar-refractivity contribution in [3.63, 3.8) is 0 Å². The molecular weight excluding hydrogens is 670 g/mol. The molecule has 10 nitrogen and oxygen atoms in total. The summed E-state index contributed by atoms with van der Waals surface area (Å²) < 4.78 is 37.6. The summed E-state index contributed by atoms with van der Waals surface area (Å²) in [5, 5.41) is 12.4. The van der Waals surface area contributed by atoms with E-state index in [2.05, 4.69) is 29.4 Å². The Kier molecular flexibility index (Phi) is 7.53. The zero-order valence-electron chi connectivity index (χ0n) is 26.7. The number of benzene rings is 2. The molecule has 3 fully saturated rings. The van der Waals surface area contributed by atoms with E-state index in [0.29, 0.717) is 39.9 Å². The molecule has 0 radical (unpaired) electrons. The van der Waals surface area contributed by atoms with Crippen LogP contribution in [0.5, 0.6) is 11.5 Å². The van der Waals surface area contributed by atoms with Crippen LogP contribution in [0.1, 0.15) is 39.2 Å². The normalized spacial score (nSPS) is 36.5. The van der Waals surface area contributed by atoms with Gasteiger partial charge in [-0.25, -0.2) is 4.79 Å². The number of anilines is 1. The summed E-state index contributed by atoms with van der Waals surface area (Å²) in [6.45, 7) is 9.83. The Morgan fingerprint density at radius 2 is 1.94 bits per heavy atom. The van der Waals surface area contributed by atoms with E-state index in [4.69, 9.17) is 34.2 Å². The number of nitrogens with two attached hydrogens (primary N) is 1. The Hall–Kier alpha value is -3.48. The molecule has 2 aromatic carbocycles. The van der Waals surface area contributed by atoms with Gasteiger partial charge in [-0.15, -0.1) is 0 Å². The van der Waals surface area contributed by atoms with Gasteiger partial charge in [-0.1, -0.05) is 56.0 Å². The van der Waals surface area contributed by atoms with Gasteiger partial charge in [-0.05, 0) is 70.5 Å². The Labute approximate surface area is 281 Å². The molecule has 0 amide bonds. The molecule has 3 N–H and O–H groups in total. The Balaban J connectivity index is 1.26. The van der Waals surface area contributed by atoms with Gasteiger partial charge in [-0.2, -0.15) is 0 Å². The van der Waals surface area contributed by atoms with E-state index in [0.717, 1.165) is 11.1 Å². The van der Waals surface area contributed by atoms with Gasteiger partial charge in [-0.3, -0.25) is 4.79 Å². The number of carbonyl (C=O) groups is 2. The molecule has 2 heterocycles. The highest BCUT2D eigenvalue weighted by molar-refractivity contribution is 9.10. The standard InChI is InChI=1S/C36H38BrNO9/c1-19(2)34-15-21(4)36-25(31(34)45-35(46-34,47-36)17-22-9-7-6-8-10-22)12-23(16-33(41)28(36)11-20(3)30(33)39)18-43-32(40)44-24-13-26(37)29(38)27(14-24)42-5/h6-14,21,25,28,31,41H,1,15-18,38H2,2-5H3/t21-,25+,28-,31?,33-,34-,35?,36?/m1/s1. The van der Waals surface area contributed by atoms with Crippen LogP contribution in [0.4, 0.5) is 10.5 Å². The van der Waals surface area contributed by atoms with Crippen molar-refractivity contribution in [3.05, 3.63) is 88.0 Å². The number of fused-ring (bicyclic) bond motifs is 2. The first-order chi connectivity index (χ1) is 22.3. The van der Waals surface area contributed by atoms with Crippen molar-refractivity contribution < 1.29 is 43.1 Å². The van der Waals surface area contributed by atoms with Crippen molar-refractivity contribution >= 4 is 33.6 Å². The first-order valence-electron chi connectivity index (χ1n) is 15.7. The molecule has 2 aliphatic heterocycles. The molecule has 11 heteroatoms. The summed E-state index contributed by atoms with van der Waals surface area (Å²) in [6, 6.07) is 12.8. The van der Waals surface area contributed by atoms with Crippen LogP contribution in [0.2, 0.25) is 0 Å². The zero-order valence-corrected chi connectivity index (χ0v) is 28.3. The minimum Gasteiger partial charge on any atom is -0.494 e. The van der Waals surface area contributed by atoms with Crippen LogP contribution in [0.15, 0.2) is 82.4 Å². The van der Waals surface area contributed by atoms with Gasteiger partial charge in [0.25, 0.3) is 5.97 Å². The van der Waals surface area contributed by atoms with Crippen molar-refractivity contribution in [3.8, 4) is 11.5 Å². The van der Waals surface area contributed by atoms with Crippen molar-refractivity contribution in [2.75, 3.05) is 19.5 Å². The summed E-state index contributed by atoms with van der Waals surface area (Å²) in [7, 11) is 1.45. The van der Waals surface area contributed by atoms with E-state index in [9.17, 15) is 14.7 Å². The Morgan fingerprint density at radius 1 is 1.19 bits per heavy atom. The van der Waals surface area contributed by atoms with Crippen LogP contribution in [0.25, 0.3) is 0 Å². The number of ether oxygens (including phenoxy) is 6. The second-order valence-corrected chi connectivity index (χ2v) is 14.3. The van der Waals surface area contributed by atoms with Crippen molar-refractivity contribution in [1.29, 1.82) is 0 Å². The second kappa shape index (κ2) is 11.0. The van der Waals surface area contributed by atoms with Crippen LogP contribution in [0, 0.1) is 17.8 Å². The number of ketones is 1. The van der Waals surface area contributed by atoms with Crippen LogP contribution in [-0.2, 0) is 30.2 Å². The highest BCUT2D eigenvalue weighted by Crippen LogP contribution is 2.68. The highest BCUT2D eigenvalue weighted by atomic mass is 79.9. The third-order valence-corrected chi connectivity index (χ3v) is 11.2. The number of hydrogen-bond donors (Lipinski definition) is 2. The molecule has 0 spiro atoms. The molecule has 1 saturated carbocycles. The van der Waals surface area contributed by atoms with Gasteiger partial charge >= 0.3 is 6.16 Å². The van der Waals surface area contributed by atoms with E-state index >= 15 is 0 Å². The fourth-order valence-electron chi connectivity index (χ4n) is 8.56. The second-order valence-electron chi connectivity index (χ2n) is 13.5. The quantitative estimate of drug-likeness (QED) is 0.157. The molecule has 7 rings (SSSR count). The third-order valence-electron chi connectivity index (χ3n) is 10.6. The summed E-state index contributed by atoms with van der Waals surface area (Å²) in [5.41, 5.74) is 5.30. The molecule has 0 aromatic heterocycles. The van der Waals surface area contributed by atoms with Crippen molar-refractivity contribution in [2.24, 2.45) is 17.8 Å². The molecule has 8 atom stereocenters. The summed E-state index contributed by atoms with van der Waals surface area (Å²) in [5.74, 6) is -2.74. The lowest BCUT2D eigenvalue weighted by Crippen LogP contribution is -2.70. The van der Waals surface area contributed by atoms with Gasteiger partial charge in [0.15, 0.2) is 5.78 Å². The maximum absolute atomic E-state index is 13.8. The number of rotatable bonds is 7. The maximum atomic E-state index is 13.8. The third kappa shape index (κ3) is 4.73. The SMILES string of the molecule is C=C(C)[C@]12C[C@@H](C)C34OC(Cc5ccccc5)(OC1[C@@H]3C=C(COC(=O)Oc1cc(Br)c(N)c(OC)c1)C[C@]1(O)C(=O)C(C)=C[C@@H]41)O2. The van der Waals surface area contributed by atoms with E-state index in [1.54, 1.807) is 6.92 Å². The fourth-order valence-corrected chi connectivity index (χ4v) is 8.98. The largest absolute Gasteiger partial charge is 0.514 e. The molecule has 3 bridgehead atoms. The van der Waals surface area contributed by atoms with E-state index in [-0.39, 0.29) is 30.5 Å². The molecule has 3 unspecified atom stereocenters. The summed E-state index contributed by atoms with van der Waals surface area (Å²) in [6.07, 6.45) is 3.05. The number of aliphatic hydroxyl groups is 1. The molecule has 2 saturated heterocycles. The fraction of sp³-hybridized carbons (Fsp3) is 0.444. The van der Waals surface area contributed by atoms with Gasteiger partial charge in [0.05, 0.1) is 24.8 Å². The number of halogens is 1. The van der Waals surface area contributed by atoms with Gasteiger partial charge in [0, 0.05) is 28.8 Å². The molecule has 248 valence electrons. The number of hydrogen-bond acceptors (Lipinski definition) is 10. The predicted octanol–water partition coefficient (Wildman–Crippen LogP) is 5.81. The maximum Gasteiger partial charge on any atom is 0.514 e. The van der Waals surface area contributed by atoms with Crippen molar-refractivity contribution in [1.82, 2.24) is 0 Å². The lowest BCUT2D eigenvalue weighted by molar-refractivity contribution is -0.421. The summed E-state index contributed by atoms with van der Waals surface area (Å²) in [4.78, 5) is 26.7. The predicted molar refractivity (Wildman–Crippen MR) is 174 cm³/mol. The highest BCUT2D eigenvalue weighted by Gasteiger charge is 2.79. The molecule has 3 aliphatic carbocycles. The number of carbonyl (C=O) groups excluding carboxylic acids is 2. The number of nitrogen functional groups attached to an aromatic ring is 1. The first-order valence-corrected chi connectivity index (χ1v) is 16.5. The van der Waals surface area contributed by atoms with Crippen LogP contribution < -0.4 is 15.2 Å². The smallest absolute Gasteiger partial charge is 0.494 e. The minimum absolute atomic E-state index is 0.0630. The minimum atomic E-state index is -1.84. The van der Waals surface area contributed by atoms with E-state index in [1.165, 1.54) is 19.2 Å². The molecule has 2 aromatic rings. The number of Topliss-reactive ketones (excluding diaryl/α,β-unsaturated/α-hetero) is 1. The lowest BCUT2D eigenvalue weighted by Gasteiger charge is -2.59. The summed E-state index contributed by atoms with van der Waals surface area (Å²) >= 11 is 3.33. The van der Waals surface area contributed by atoms with Gasteiger partial charge in [0.1, 0.15) is 35.4 Å². The first kappa shape index (κ1) is 32.1. The zero-order chi connectivity index (χ0) is 33.5. The van der Waals surface area contributed by atoms with Crippen LogP contribution in [0.3, 0.4) is 0 Å². The van der Waals surface area contributed by atoms with Crippen LogP contribution >= 0.6 is 15.9 Å². The van der Waals surface area contributed by atoms with Gasteiger partial charge < -0.3 is 39.3 Å². The molecular formula is C36H38BrNO9. The van der Waals surface area contributed by atoms with Gasteiger partial charge in [0.2, 0.25) is 0 Å². The Morgan fingerprint density at radius 3 is 2.64 bits per heavy atom. The molecule has 5 aliphatic rings. The number of methoxy groups -OCH3 is 1. The average Bonchev–Trinajstić information content (AvgIpc) is 3.33.